The Kier molecular flexibility index (Phi) is 5.34. The molecule has 1 amide bonds. The van der Waals surface area contributed by atoms with Gasteiger partial charge in [-0.05, 0) is 68.5 Å². The standard InChI is InChI=1S/C17H25FN2O/c1-3-9-20(10-4-2)12-5-6-13-15(11-12)14(17(19)21)7-8-16(13)18/h7-8,12H,3-6,9-11H2,1-2H3,(H2,19,21). The zero-order valence-corrected chi connectivity index (χ0v) is 13.0. The Morgan fingerprint density at radius 2 is 1.95 bits per heavy atom. The Morgan fingerprint density at radius 1 is 1.29 bits per heavy atom. The van der Waals surface area contributed by atoms with E-state index in [0.717, 1.165) is 44.3 Å². The van der Waals surface area contributed by atoms with E-state index < -0.39 is 5.91 Å². The monoisotopic (exact) mass is 292 g/mol. The SMILES string of the molecule is CCCN(CCC)C1CCc2c(F)ccc(C(N)=O)c2C1. The van der Waals surface area contributed by atoms with Crippen LogP contribution in [0.25, 0.3) is 0 Å². The summed E-state index contributed by atoms with van der Waals surface area (Å²) in [5, 5.41) is 0. The third kappa shape index (κ3) is 3.43. The summed E-state index contributed by atoms with van der Waals surface area (Å²) in [6, 6.07) is 3.29. The zero-order valence-electron chi connectivity index (χ0n) is 13.0. The van der Waals surface area contributed by atoms with E-state index in [1.807, 2.05) is 0 Å². The number of carbonyl (C=O) groups is 1. The van der Waals surface area contributed by atoms with Gasteiger partial charge in [0.15, 0.2) is 0 Å². The lowest BCUT2D eigenvalue weighted by Crippen LogP contribution is -2.41. The van der Waals surface area contributed by atoms with Crippen LogP contribution in [0, 0.1) is 5.82 Å². The van der Waals surface area contributed by atoms with Gasteiger partial charge in [0.05, 0.1) is 0 Å². The number of nitrogens with two attached hydrogens (primary N) is 1. The van der Waals surface area contributed by atoms with Crippen molar-refractivity contribution in [1.82, 2.24) is 4.90 Å². The quantitative estimate of drug-likeness (QED) is 0.876. The van der Waals surface area contributed by atoms with E-state index in [1.54, 1.807) is 0 Å². The minimum absolute atomic E-state index is 0.203. The number of hydrogen-bond acceptors (Lipinski definition) is 2. The normalized spacial score (nSPS) is 17.8. The van der Waals surface area contributed by atoms with Crippen LogP contribution in [0.3, 0.4) is 0 Å². The number of amides is 1. The number of primary amides is 1. The van der Waals surface area contributed by atoms with E-state index >= 15 is 0 Å². The highest BCUT2D eigenvalue weighted by Crippen LogP contribution is 2.29. The van der Waals surface area contributed by atoms with Crippen LogP contribution >= 0.6 is 0 Å². The lowest BCUT2D eigenvalue weighted by Gasteiger charge is -2.35. The fraction of sp³-hybridized carbons (Fsp3) is 0.588. The minimum atomic E-state index is -0.454. The summed E-state index contributed by atoms with van der Waals surface area (Å²) in [5.74, 6) is -0.657. The third-order valence-electron chi connectivity index (χ3n) is 4.34. The maximum atomic E-state index is 14.0. The van der Waals surface area contributed by atoms with Crippen molar-refractivity contribution in [2.24, 2.45) is 5.73 Å². The highest BCUT2D eigenvalue weighted by molar-refractivity contribution is 5.94. The summed E-state index contributed by atoms with van der Waals surface area (Å²) in [7, 11) is 0. The number of nitrogens with zero attached hydrogens (tertiary/aromatic N) is 1. The molecule has 1 aromatic rings. The molecule has 21 heavy (non-hydrogen) atoms. The van der Waals surface area contributed by atoms with E-state index in [2.05, 4.69) is 18.7 Å². The molecule has 0 aromatic heterocycles. The minimum Gasteiger partial charge on any atom is -0.366 e. The molecule has 0 heterocycles. The van der Waals surface area contributed by atoms with Gasteiger partial charge in [-0.1, -0.05) is 13.8 Å². The van der Waals surface area contributed by atoms with Crippen molar-refractivity contribution < 1.29 is 9.18 Å². The van der Waals surface area contributed by atoms with Gasteiger partial charge in [0.2, 0.25) is 5.91 Å². The molecule has 2 rings (SSSR count). The Hall–Kier alpha value is -1.42. The smallest absolute Gasteiger partial charge is 0.248 e. The molecule has 0 spiro atoms. The molecule has 1 atom stereocenters. The molecule has 4 heteroatoms. The molecule has 1 aromatic carbocycles. The first-order chi connectivity index (χ1) is 10.1. The summed E-state index contributed by atoms with van der Waals surface area (Å²) in [4.78, 5) is 14.1. The number of hydrogen-bond donors (Lipinski definition) is 1. The highest BCUT2D eigenvalue weighted by Gasteiger charge is 2.28. The number of carbonyl (C=O) groups excluding carboxylic acids is 1. The average Bonchev–Trinajstić information content (AvgIpc) is 2.46. The number of benzene rings is 1. The predicted octanol–water partition coefficient (Wildman–Crippen LogP) is 2.90. The van der Waals surface area contributed by atoms with E-state index in [0.29, 0.717) is 23.6 Å². The lowest BCUT2D eigenvalue weighted by molar-refractivity contribution is 0.0997. The van der Waals surface area contributed by atoms with Crippen molar-refractivity contribution in [2.75, 3.05) is 13.1 Å². The maximum absolute atomic E-state index is 14.0. The highest BCUT2D eigenvalue weighted by atomic mass is 19.1. The van der Waals surface area contributed by atoms with E-state index in [4.69, 9.17) is 5.73 Å². The molecule has 116 valence electrons. The molecule has 0 bridgehead atoms. The van der Waals surface area contributed by atoms with Crippen LogP contribution in [0.15, 0.2) is 12.1 Å². The predicted molar refractivity (Wildman–Crippen MR) is 82.9 cm³/mol. The molecule has 0 radical (unpaired) electrons. The molecule has 3 nitrogen and oxygen atoms in total. The summed E-state index contributed by atoms with van der Waals surface area (Å²) >= 11 is 0. The molecular formula is C17H25FN2O. The average molecular weight is 292 g/mol. The van der Waals surface area contributed by atoms with Gasteiger partial charge in [0.1, 0.15) is 5.82 Å². The largest absolute Gasteiger partial charge is 0.366 e. The first-order valence-electron chi connectivity index (χ1n) is 7.92. The zero-order chi connectivity index (χ0) is 15.4. The van der Waals surface area contributed by atoms with Crippen molar-refractivity contribution in [3.05, 3.63) is 34.6 Å². The van der Waals surface area contributed by atoms with Gasteiger partial charge < -0.3 is 10.6 Å². The van der Waals surface area contributed by atoms with Crippen LogP contribution in [0.4, 0.5) is 4.39 Å². The molecule has 2 N–H and O–H groups in total. The summed E-state index contributed by atoms with van der Waals surface area (Å²) in [6.45, 7) is 6.45. The van der Waals surface area contributed by atoms with E-state index in [1.165, 1.54) is 12.1 Å². The van der Waals surface area contributed by atoms with Crippen molar-refractivity contribution in [1.29, 1.82) is 0 Å². The van der Waals surface area contributed by atoms with Crippen molar-refractivity contribution >= 4 is 5.91 Å². The molecule has 1 unspecified atom stereocenters. The summed E-state index contributed by atoms with van der Waals surface area (Å²) in [5.41, 5.74) is 7.46. The van der Waals surface area contributed by atoms with Gasteiger partial charge in [-0.3, -0.25) is 4.79 Å². The van der Waals surface area contributed by atoms with Crippen molar-refractivity contribution in [3.63, 3.8) is 0 Å². The summed E-state index contributed by atoms with van der Waals surface area (Å²) in [6.07, 6.45) is 4.58. The van der Waals surface area contributed by atoms with Crippen LogP contribution in [-0.2, 0) is 12.8 Å². The first-order valence-corrected chi connectivity index (χ1v) is 7.92. The van der Waals surface area contributed by atoms with E-state index in [-0.39, 0.29) is 5.82 Å². The number of fused-ring (bicyclic) bond motifs is 1. The van der Waals surface area contributed by atoms with Gasteiger partial charge in [0.25, 0.3) is 0 Å². The van der Waals surface area contributed by atoms with Gasteiger partial charge in [-0.25, -0.2) is 4.39 Å². The Labute approximate surface area is 126 Å². The second-order valence-corrected chi connectivity index (χ2v) is 5.85. The fourth-order valence-electron chi connectivity index (χ4n) is 3.41. The van der Waals surface area contributed by atoms with Crippen LogP contribution in [0.1, 0.15) is 54.6 Å². The first kappa shape index (κ1) is 16.0. The summed E-state index contributed by atoms with van der Waals surface area (Å²) < 4.78 is 14.0. The molecule has 0 saturated heterocycles. The Balaban J connectivity index is 2.29. The van der Waals surface area contributed by atoms with Gasteiger partial charge in [-0.15, -0.1) is 0 Å². The molecule has 0 aliphatic heterocycles. The van der Waals surface area contributed by atoms with Crippen LogP contribution in [0.2, 0.25) is 0 Å². The molecular weight excluding hydrogens is 267 g/mol. The Morgan fingerprint density at radius 3 is 2.52 bits per heavy atom. The van der Waals surface area contributed by atoms with Gasteiger partial charge >= 0.3 is 0 Å². The van der Waals surface area contributed by atoms with E-state index in [9.17, 15) is 9.18 Å². The topological polar surface area (TPSA) is 46.3 Å². The number of halogens is 1. The third-order valence-corrected chi connectivity index (χ3v) is 4.34. The van der Waals surface area contributed by atoms with Crippen LogP contribution in [0.5, 0.6) is 0 Å². The van der Waals surface area contributed by atoms with Crippen LogP contribution < -0.4 is 5.73 Å². The maximum Gasteiger partial charge on any atom is 0.248 e. The lowest BCUT2D eigenvalue weighted by atomic mass is 9.84. The molecule has 0 saturated carbocycles. The second-order valence-electron chi connectivity index (χ2n) is 5.85. The second kappa shape index (κ2) is 7.03. The molecule has 0 fully saturated rings. The fourth-order valence-corrected chi connectivity index (χ4v) is 3.41. The molecule has 1 aliphatic carbocycles. The van der Waals surface area contributed by atoms with Gasteiger partial charge in [-0.2, -0.15) is 0 Å². The van der Waals surface area contributed by atoms with Crippen molar-refractivity contribution in [3.8, 4) is 0 Å². The van der Waals surface area contributed by atoms with Crippen LogP contribution in [-0.4, -0.2) is 29.9 Å². The number of rotatable bonds is 6. The Bertz CT molecular complexity index is 510. The van der Waals surface area contributed by atoms with Crippen molar-refractivity contribution in [2.45, 2.75) is 52.0 Å². The molecule has 1 aliphatic rings. The van der Waals surface area contributed by atoms with Gasteiger partial charge in [0, 0.05) is 11.6 Å².